The molecule has 0 aromatic heterocycles. The molecule has 1 aliphatic rings. The first-order valence-electron chi connectivity index (χ1n) is 6.37. The van der Waals surface area contributed by atoms with E-state index in [4.69, 9.17) is 5.73 Å². The Morgan fingerprint density at radius 1 is 1.44 bits per heavy atom. The first-order chi connectivity index (χ1) is 8.30. The van der Waals surface area contributed by atoms with E-state index in [1.165, 1.54) is 0 Å². The van der Waals surface area contributed by atoms with E-state index in [2.05, 4.69) is 0 Å². The van der Waals surface area contributed by atoms with Crippen molar-refractivity contribution in [2.75, 3.05) is 13.1 Å². The Kier molecular flexibility index (Phi) is 5.01. The SMILES string of the molecule is CCC(CN)C(=O)N(CC(F)(F)F)C(C)C1CC1. The molecule has 6 heteroatoms. The minimum atomic E-state index is -4.36. The smallest absolute Gasteiger partial charge is 0.330 e. The fourth-order valence-corrected chi connectivity index (χ4v) is 2.13. The lowest BCUT2D eigenvalue weighted by molar-refractivity contribution is -0.168. The molecule has 1 rings (SSSR count). The van der Waals surface area contributed by atoms with Crippen molar-refractivity contribution in [1.82, 2.24) is 4.90 Å². The maximum absolute atomic E-state index is 12.6. The van der Waals surface area contributed by atoms with Gasteiger partial charge < -0.3 is 10.6 Å². The third-order valence-corrected chi connectivity index (χ3v) is 3.56. The van der Waals surface area contributed by atoms with Gasteiger partial charge in [-0.25, -0.2) is 0 Å². The van der Waals surface area contributed by atoms with Crippen LogP contribution < -0.4 is 5.73 Å². The summed E-state index contributed by atoms with van der Waals surface area (Å²) < 4.78 is 37.7. The number of hydrogen-bond donors (Lipinski definition) is 1. The average Bonchev–Trinajstić information content (AvgIpc) is 3.09. The number of rotatable bonds is 6. The monoisotopic (exact) mass is 266 g/mol. The lowest BCUT2D eigenvalue weighted by Gasteiger charge is -2.32. The third kappa shape index (κ3) is 4.15. The maximum atomic E-state index is 12.6. The summed E-state index contributed by atoms with van der Waals surface area (Å²) in [5.41, 5.74) is 5.45. The van der Waals surface area contributed by atoms with Crippen LogP contribution in [0.1, 0.15) is 33.1 Å². The second kappa shape index (κ2) is 5.91. The summed E-state index contributed by atoms with van der Waals surface area (Å²) >= 11 is 0. The lowest BCUT2D eigenvalue weighted by Crippen LogP contribution is -2.49. The Balaban J connectivity index is 2.78. The van der Waals surface area contributed by atoms with Gasteiger partial charge in [-0.1, -0.05) is 6.92 Å². The van der Waals surface area contributed by atoms with Crippen molar-refractivity contribution in [3.05, 3.63) is 0 Å². The molecule has 1 aliphatic carbocycles. The van der Waals surface area contributed by atoms with Gasteiger partial charge in [0.05, 0.1) is 5.92 Å². The number of carbonyl (C=O) groups is 1. The van der Waals surface area contributed by atoms with Crippen molar-refractivity contribution in [3.8, 4) is 0 Å². The highest BCUT2D eigenvalue weighted by molar-refractivity contribution is 5.79. The second-order valence-electron chi connectivity index (χ2n) is 5.00. The molecule has 0 bridgehead atoms. The summed E-state index contributed by atoms with van der Waals surface area (Å²) in [6, 6.07) is -0.347. The van der Waals surface area contributed by atoms with Crippen molar-refractivity contribution >= 4 is 5.91 Å². The van der Waals surface area contributed by atoms with E-state index in [0.717, 1.165) is 17.7 Å². The molecule has 0 radical (unpaired) electrons. The highest BCUT2D eigenvalue weighted by Crippen LogP contribution is 2.36. The van der Waals surface area contributed by atoms with Crippen molar-refractivity contribution < 1.29 is 18.0 Å². The van der Waals surface area contributed by atoms with Gasteiger partial charge in [-0.2, -0.15) is 13.2 Å². The number of alkyl halides is 3. The van der Waals surface area contributed by atoms with Crippen molar-refractivity contribution in [3.63, 3.8) is 0 Å². The van der Waals surface area contributed by atoms with Crippen LogP contribution in [0.25, 0.3) is 0 Å². The molecule has 0 aromatic rings. The van der Waals surface area contributed by atoms with Crippen LogP contribution in [0, 0.1) is 11.8 Å². The number of carbonyl (C=O) groups excluding carboxylic acids is 1. The van der Waals surface area contributed by atoms with Gasteiger partial charge in [0.2, 0.25) is 5.91 Å². The standard InChI is InChI=1S/C12H21F3N2O/c1-3-9(6-16)11(18)17(7-12(13,14)15)8(2)10-4-5-10/h8-10H,3-7,16H2,1-2H3. The van der Waals surface area contributed by atoms with E-state index >= 15 is 0 Å². The van der Waals surface area contributed by atoms with Gasteiger partial charge in [0.25, 0.3) is 0 Å². The second-order valence-corrected chi connectivity index (χ2v) is 5.00. The molecule has 0 saturated heterocycles. The number of nitrogens with zero attached hydrogens (tertiary/aromatic N) is 1. The highest BCUT2D eigenvalue weighted by Gasteiger charge is 2.41. The molecule has 18 heavy (non-hydrogen) atoms. The molecular formula is C12H21F3N2O. The summed E-state index contributed by atoms with van der Waals surface area (Å²) in [6.07, 6.45) is -2.07. The summed E-state index contributed by atoms with van der Waals surface area (Å²) in [6.45, 7) is 2.40. The maximum Gasteiger partial charge on any atom is 0.406 e. The Morgan fingerprint density at radius 2 is 2.00 bits per heavy atom. The molecule has 1 fully saturated rings. The van der Waals surface area contributed by atoms with Crippen molar-refractivity contribution in [2.45, 2.75) is 45.3 Å². The Hall–Kier alpha value is -0.780. The van der Waals surface area contributed by atoms with Gasteiger partial charge in [0, 0.05) is 12.6 Å². The van der Waals surface area contributed by atoms with E-state index in [0.29, 0.717) is 6.42 Å². The number of nitrogens with two attached hydrogens (primary N) is 1. The molecular weight excluding hydrogens is 245 g/mol. The molecule has 0 aliphatic heterocycles. The van der Waals surface area contributed by atoms with Crippen LogP contribution in [-0.2, 0) is 4.79 Å². The Labute approximate surface area is 106 Å². The number of halogens is 3. The van der Waals surface area contributed by atoms with Gasteiger partial charge in [-0.15, -0.1) is 0 Å². The van der Waals surface area contributed by atoms with Crippen LogP contribution in [0.3, 0.4) is 0 Å². The molecule has 2 unspecified atom stereocenters. The van der Waals surface area contributed by atoms with E-state index < -0.39 is 24.5 Å². The molecule has 106 valence electrons. The van der Waals surface area contributed by atoms with Crippen LogP contribution >= 0.6 is 0 Å². The minimum Gasteiger partial charge on any atom is -0.330 e. The molecule has 2 N–H and O–H groups in total. The van der Waals surface area contributed by atoms with Gasteiger partial charge in [0.15, 0.2) is 0 Å². The third-order valence-electron chi connectivity index (χ3n) is 3.56. The van der Waals surface area contributed by atoms with Crippen LogP contribution in [0.4, 0.5) is 13.2 Å². The topological polar surface area (TPSA) is 46.3 Å². The van der Waals surface area contributed by atoms with Gasteiger partial charge >= 0.3 is 6.18 Å². The molecule has 0 heterocycles. The number of hydrogen-bond acceptors (Lipinski definition) is 2. The van der Waals surface area contributed by atoms with Crippen LogP contribution in [-0.4, -0.2) is 36.1 Å². The summed E-state index contributed by atoms with van der Waals surface area (Å²) in [5.74, 6) is -0.753. The zero-order valence-electron chi connectivity index (χ0n) is 10.8. The molecule has 1 saturated carbocycles. The Morgan fingerprint density at radius 3 is 2.33 bits per heavy atom. The van der Waals surface area contributed by atoms with Crippen LogP contribution in [0.2, 0.25) is 0 Å². The first-order valence-corrected chi connectivity index (χ1v) is 6.37. The summed E-state index contributed by atoms with van der Waals surface area (Å²) in [7, 11) is 0. The predicted molar refractivity (Wildman–Crippen MR) is 62.8 cm³/mol. The van der Waals surface area contributed by atoms with Crippen LogP contribution in [0.5, 0.6) is 0 Å². The first kappa shape index (κ1) is 15.3. The fourth-order valence-electron chi connectivity index (χ4n) is 2.13. The quantitative estimate of drug-likeness (QED) is 0.800. The van der Waals surface area contributed by atoms with Crippen molar-refractivity contribution in [2.24, 2.45) is 17.6 Å². The largest absolute Gasteiger partial charge is 0.406 e. The highest BCUT2D eigenvalue weighted by atomic mass is 19.4. The molecule has 3 nitrogen and oxygen atoms in total. The normalized spacial score (nSPS) is 19.4. The zero-order valence-corrected chi connectivity index (χ0v) is 10.8. The molecule has 0 aromatic carbocycles. The predicted octanol–water partition coefficient (Wildman–Crippen LogP) is 2.16. The fraction of sp³-hybridized carbons (Fsp3) is 0.917. The van der Waals surface area contributed by atoms with Gasteiger partial charge in [0.1, 0.15) is 6.54 Å². The minimum absolute atomic E-state index is 0.0983. The lowest BCUT2D eigenvalue weighted by atomic mass is 10.0. The van der Waals surface area contributed by atoms with E-state index in [-0.39, 0.29) is 18.5 Å². The number of amides is 1. The average molecular weight is 266 g/mol. The zero-order chi connectivity index (χ0) is 13.9. The molecule has 2 atom stereocenters. The van der Waals surface area contributed by atoms with Crippen LogP contribution in [0.15, 0.2) is 0 Å². The van der Waals surface area contributed by atoms with Gasteiger partial charge in [-0.05, 0) is 32.1 Å². The van der Waals surface area contributed by atoms with E-state index in [1.807, 2.05) is 0 Å². The van der Waals surface area contributed by atoms with Gasteiger partial charge in [-0.3, -0.25) is 4.79 Å². The van der Waals surface area contributed by atoms with E-state index in [1.54, 1.807) is 13.8 Å². The summed E-state index contributed by atoms with van der Waals surface area (Å²) in [5, 5.41) is 0. The summed E-state index contributed by atoms with van der Waals surface area (Å²) in [4.78, 5) is 13.1. The Bertz CT molecular complexity index is 286. The molecule has 1 amide bonds. The van der Waals surface area contributed by atoms with Crippen molar-refractivity contribution in [1.29, 1.82) is 0 Å². The molecule has 0 spiro atoms. The van der Waals surface area contributed by atoms with E-state index in [9.17, 15) is 18.0 Å².